The Morgan fingerprint density at radius 2 is 1.81 bits per heavy atom. The van der Waals surface area contributed by atoms with Crippen molar-refractivity contribution in [3.8, 4) is 0 Å². The number of methoxy groups -OCH3 is 2. The van der Waals surface area contributed by atoms with Gasteiger partial charge in [0.1, 0.15) is 0 Å². The molecule has 0 aliphatic rings. The fourth-order valence-electron chi connectivity index (χ4n) is 1.30. The number of hydrogen-bond acceptors (Lipinski definition) is 3. The molecule has 0 fully saturated rings. The molecule has 0 radical (unpaired) electrons. The zero-order chi connectivity index (χ0) is 12.0. The van der Waals surface area contributed by atoms with Gasteiger partial charge in [-0.3, -0.25) is 0 Å². The largest absolute Gasteiger partial charge is 0.352 e. The molecule has 0 aliphatic carbocycles. The Hall–Kier alpha value is -0.770. The molecular weight excluding hydrogens is 220 g/mol. The first-order chi connectivity index (χ1) is 7.67. The molecule has 88 valence electrons. The molecule has 0 saturated carbocycles. The minimum atomic E-state index is -0.278. The van der Waals surface area contributed by atoms with Gasteiger partial charge >= 0.3 is 0 Å². The fourth-order valence-corrected chi connectivity index (χ4v) is 2.04. The third kappa shape index (κ3) is 4.00. The van der Waals surface area contributed by atoms with Gasteiger partial charge in [-0.05, 0) is 19.1 Å². The summed E-state index contributed by atoms with van der Waals surface area (Å²) in [5.41, 5.74) is 2.21. The average molecular weight is 238 g/mol. The summed E-state index contributed by atoms with van der Waals surface area (Å²) < 4.78 is 10.4. The van der Waals surface area contributed by atoms with Gasteiger partial charge in [-0.1, -0.05) is 24.3 Å². The standard InChI is InChI=1S/C13H18O2S/c1-10(2)9-16-12-7-5-11(6-8-12)13(14-3)15-4/h5-8,13H,1,9H2,2-4H3. The van der Waals surface area contributed by atoms with Gasteiger partial charge in [-0.2, -0.15) is 0 Å². The van der Waals surface area contributed by atoms with Gasteiger partial charge in [-0.15, -0.1) is 11.8 Å². The zero-order valence-electron chi connectivity index (χ0n) is 10.0. The third-order valence-corrected chi connectivity index (χ3v) is 3.31. The van der Waals surface area contributed by atoms with E-state index >= 15 is 0 Å². The van der Waals surface area contributed by atoms with Gasteiger partial charge in [0.2, 0.25) is 0 Å². The highest BCUT2D eigenvalue weighted by Crippen LogP contribution is 2.23. The van der Waals surface area contributed by atoms with Crippen LogP contribution in [0.3, 0.4) is 0 Å². The molecule has 1 rings (SSSR count). The second kappa shape index (κ2) is 6.74. The van der Waals surface area contributed by atoms with Crippen molar-refractivity contribution in [2.24, 2.45) is 0 Å². The van der Waals surface area contributed by atoms with E-state index < -0.39 is 0 Å². The highest BCUT2D eigenvalue weighted by molar-refractivity contribution is 7.99. The van der Waals surface area contributed by atoms with E-state index in [0.717, 1.165) is 11.3 Å². The molecule has 0 atom stereocenters. The first-order valence-corrected chi connectivity index (χ1v) is 6.08. The lowest BCUT2D eigenvalue weighted by Crippen LogP contribution is -2.02. The molecule has 0 unspecified atom stereocenters. The highest BCUT2D eigenvalue weighted by atomic mass is 32.2. The van der Waals surface area contributed by atoms with E-state index in [1.165, 1.54) is 10.5 Å². The van der Waals surface area contributed by atoms with Crippen LogP contribution in [0.1, 0.15) is 18.8 Å². The summed E-state index contributed by atoms with van der Waals surface area (Å²) in [5, 5.41) is 0. The van der Waals surface area contributed by atoms with Gasteiger partial charge < -0.3 is 9.47 Å². The summed E-state index contributed by atoms with van der Waals surface area (Å²) in [7, 11) is 3.27. The van der Waals surface area contributed by atoms with Crippen LogP contribution in [0.4, 0.5) is 0 Å². The topological polar surface area (TPSA) is 18.5 Å². The average Bonchev–Trinajstić information content (AvgIpc) is 2.29. The maximum Gasteiger partial charge on any atom is 0.183 e. The second-order valence-corrected chi connectivity index (χ2v) is 4.67. The van der Waals surface area contributed by atoms with E-state index in [4.69, 9.17) is 9.47 Å². The maximum atomic E-state index is 5.18. The minimum Gasteiger partial charge on any atom is -0.352 e. The van der Waals surface area contributed by atoms with E-state index in [1.807, 2.05) is 19.1 Å². The maximum absolute atomic E-state index is 5.18. The van der Waals surface area contributed by atoms with E-state index in [0.29, 0.717) is 0 Å². The zero-order valence-corrected chi connectivity index (χ0v) is 10.8. The van der Waals surface area contributed by atoms with Crippen LogP contribution in [-0.4, -0.2) is 20.0 Å². The lowest BCUT2D eigenvalue weighted by molar-refractivity contribution is -0.106. The van der Waals surface area contributed by atoms with Crippen molar-refractivity contribution < 1.29 is 9.47 Å². The van der Waals surface area contributed by atoms with Crippen molar-refractivity contribution in [3.05, 3.63) is 42.0 Å². The first-order valence-electron chi connectivity index (χ1n) is 5.10. The van der Waals surface area contributed by atoms with E-state index in [2.05, 4.69) is 18.7 Å². The summed E-state index contributed by atoms with van der Waals surface area (Å²) in [6.45, 7) is 5.92. The van der Waals surface area contributed by atoms with Crippen LogP contribution in [-0.2, 0) is 9.47 Å². The summed E-state index contributed by atoms with van der Waals surface area (Å²) in [6.07, 6.45) is -0.278. The van der Waals surface area contributed by atoms with E-state index in [9.17, 15) is 0 Å². The summed E-state index contributed by atoms with van der Waals surface area (Å²) in [4.78, 5) is 1.23. The Morgan fingerprint density at radius 3 is 2.25 bits per heavy atom. The smallest absolute Gasteiger partial charge is 0.183 e. The molecule has 2 nitrogen and oxygen atoms in total. The fraction of sp³-hybridized carbons (Fsp3) is 0.385. The summed E-state index contributed by atoms with van der Waals surface area (Å²) in [6, 6.07) is 8.21. The minimum absolute atomic E-state index is 0.278. The summed E-state index contributed by atoms with van der Waals surface area (Å²) >= 11 is 1.78. The Labute approximate surface area is 102 Å². The molecule has 0 aliphatic heterocycles. The molecule has 0 aromatic heterocycles. The molecule has 0 heterocycles. The van der Waals surface area contributed by atoms with Crippen molar-refractivity contribution >= 4 is 11.8 Å². The Morgan fingerprint density at radius 1 is 1.25 bits per heavy atom. The number of thioether (sulfide) groups is 1. The van der Waals surface area contributed by atoms with Gasteiger partial charge in [0, 0.05) is 30.4 Å². The second-order valence-electron chi connectivity index (χ2n) is 3.62. The SMILES string of the molecule is C=C(C)CSc1ccc(C(OC)OC)cc1. The van der Waals surface area contributed by atoms with Crippen LogP contribution in [0.2, 0.25) is 0 Å². The van der Waals surface area contributed by atoms with E-state index in [1.54, 1.807) is 26.0 Å². The van der Waals surface area contributed by atoms with Gasteiger partial charge in [0.15, 0.2) is 6.29 Å². The predicted molar refractivity (Wildman–Crippen MR) is 68.7 cm³/mol. The number of rotatable bonds is 6. The number of benzene rings is 1. The van der Waals surface area contributed by atoms with Crippen LogP contribution in [0, 0.1) is 0 Å². The van der Waals surface area contributed by atoms with Crippen LogP contribution in [0.15, 0.2) is 41.3 Å². The van der Waals surface area contributed by atoms with Crippen LogP contribution >= 0.6 is 11.8 Å². The predicted octanol–water partition coefficient (Wildman–Crippen LogP) is 3.65. The molecule has 1 aromatic rings. The lowest BCUT2D eigenvalue weighted by atomic mass is 10.2. The normalized spacial score (nSPS) is 10.8. The van der Waals surface area contributed by atoms with Crippen LogP contribution in [0.25, 0.3) is 0 Å². The van der Waals surface area contributed by atoms with Crippen LogP contribution < -0.4 is 0 Å². The molecule has 0 N–H and O–H groups in total. The lowest BCUT2D eigenvalue weighted by Gasteiger charge is -2.13. The highest BCUT2D eigenvalue weighted by Gasteiger charge is 2.07. The van der Waals surface area contributed by atoms with Crippen molar-refractivity contribution in [2.45, 2.75) is 18.1 Å². The number of ether oxygens (including phenoxy) is 2. The van der Waals surface area contributed by atoms with Crippen LogP contribution in [0.5, 0.6) is 0 Å². The summed E-state index contributed by atoms with van der Waals surface area (Å²) in [5.74, 6) is 0.956. The Balaban J connectivity index is 2.63. The first kappa shape index (κ1) is 13.3. The van der Waals surface area contributed by atoms with Gasteiger partial charge in [-0.25, -0.2) is 0 Å². The molecule has 1 aromatic carbocycles. The quantitative estimate of drug-likeness (QED) is 0.428. The monoisotopic (exact) mass is 238 g/mol. The van der Waals surface area contributed by atoms with Crippen molar-refractivity contribution in [1.82, 2.24) is 0 Å². The number of hydrogen-bond donors (Lipinski definition) is 0. The molecule has 0 saturated heterocycles. The molecule has 16 heavy (non-hydrogen) atoms. The van der Waals surface area contributed by atoms with Gasteiger partial charge in [0.05, 0.1) is 0 Å². The van der Waals surface area contributed by atoms with Crippen molar-refractivity contribution in [1.29, 1.82) is 0 Å². The third-order valence-electron chi connectivity index (χ3n) is 2.07. The Bertz CT molecular complexity index is 328. The molecule has 0 spiro atoms. The Kier molecular flexibility index (Phi) is 5.60. The molecule has 3 heteroatoms. The molecule has 0 bridgehead atoms. The molecular formula is C13H18O2S. The van der Waals surface area contributed by atoms with Gasteiger partial charge in [0.25, 0.3) is 0 Å². The van der Waals surface area contributed by atoms with Crippen molar-refractivity contribution in [3.63, 3.8) is 0 Å². The van der Waals surface area contributed by atoms with Crippen molar-refractivity contribution in [2.75, 3.05) is 20.0 Å². The molecule has 0 amide bonds. The van der Waals surface area contributed by atoms with E-state index in [-0.39, 0.29) is 6.29 Å².